The van der Waals surface area contributed by atoms with Crippen molar-refractivity contribution in [1.82, 2.24) is 19.2 Å². The van der Waals surface area contributed by atoms with E-state index in [0.717, 1.165) is 5.69 Å². The van der Waals surface area contributed by atoms with Gasteiger partial charge in [0.2, 0.25) is 10.0 Å². The first-order valence-corrected chi connectivity index (χ1v) is 9.50. The first-order valence-electron chi connectivity index (χ1n) is 8.06. The Hall–Kier alpha value is -2.83. The number of nitrogens with zero attached hydrogens (tertiary/aromatic N) is 5. The third-order valence-electron chi connectivity index (χ3n) is 4.70. The molecule has 1 fully saturated rings. The lowest BCUT2D eigenvalue weighted by Crippen LogP contribution is -2.49. The number of rotatable bonds is 2. The number of carbonyl (C=O) groups is 1. The Morgan fingerprint density at radius 1 is 1.23 bits per heavy atom. The van der Waals surface area contributed by atoms with Gasteiger partial charge in [-0.05, 0) is 31.2 Å². The lowest BCUT2D eigenvalue weighted by molar-refractivity contribution is 0.0625. The van der Waals surface area contributed by atoms with Crippen LogP contribution in [-0.2, 0) is 10.0 Å². The first kappa shape index (κ1) is 16.6. The SMILES string of the molecule is Cc1ccc2c(n1)C1CN(S(=O)(=O)c3ccc(C#N)nc3)CCN1C2=O. The predicted molar refractivity (Wildman–Crippen MR) is 90.5 cm³/mol. The van der Waals surface area contributed by atoms with Crippen molar-refractivity contribution >= 4 is 15.9 Å². The van der Waals surface area contributed by atoms with Crippen LogP contribution in [0.1, 0.15) is 33.5 Å². The summed E-state index contributed by atoms with van der Waals surface area (Å²) in [6.07, 6.45) is 1.19. The quantitative estimate of drug-likeness (QED) is 0.777. The molecule has 26 heavy (non-hydrogen) atoms. The Labute approximate surface area is 150 Å². The van der Waals surface area contributed by atoms with Crippen molar-refractivity contribution in [3.63, 3.8) is 0 Å². The van der Waals surface area contributed by atoms with Gasteiger partial charge in [-0.1, -0.05) is 0 Å². The molecule has 2 aliphatic rings. The highest BCUT2D eigenvalue weighted by molar-refractivity contribution is 7.89. The van der Waals surface area contributed by atoms with E-state index in [1.165, 1.54) is 22.6 Å². The van der Waals surface area contributed by atoms with E-state index >= 15 is 0 Å². The second-order valence-corrected chi connectivity index (χ2v) is 8.19. The maximum Gasteiger partial charge on any atom is 0.256 e. The minimum Gasteiger partial charge on any atom is -0.327 e. The molecule has 1 amide bonds. The Kier molecular flexibility index (Phi) is 3.75. The summed E-state index contributed by atoms with van der Waals surface area (Å²) in [4.78, 5) is 22.5. The third-order valence-corrected chi connectivity index (χ3v) is 6.55. The van der Waals surface area contributed by atoms with Crippen molar-refractivity contribution in [3.8, 4) is 6.07 Å². The van der Waals surface area contributed by atoms with Crippen LogP contribution in [0, 0.1) is 18.3 Å². The molecule has 0 aliphatic carbocycles. The number of amides is 1. The molecule has 0 saturated carbocycles. The van der Waals surface area contributed by atoms with Crippen molar-refractivity contribution in [2.45, 2.75) is 17.9 Å². The van der Waals surface area contributed by atoms with Gasteiger partial charge in [0, 0.05) is 31.5 Å². The summed E-state index contributed by atoms with van der Waals surface area (Å²) in [5.41, 5.74) is 2.12. The molecule has 132 valence electrons. The van der Waals surface area contributed by atoms with E-state index in [2.05, 4.69) is 9.97 Å². The molecule has 0 spiro atoms. The zero-order valence-corrected chi connectivity index (χ0v) is 14.8. The highest BCUT2D eigenvalue weighted by atomic mass is 32.2. The van der Waals surface area contributed by atoms with E-state index in [-0.39, 0.29) is 35.6 Å². The molecule has 4 rings (SSSR count). The number of aromatic nitrogens is 2. The number of sulfonamides is 1. The molecular formula is C17H15N5O3S. The summed E-state index contributed by atoms with van der Waals surface area (Å²) in [6.45, 7) is 2.50. The average molecular weight is 369 g/mol. The minimum atomic E-state index is -3.76. The smallest absolute Gasteiger partial charge is 0.256 e. The molecule has 2 aromatic rings. The number of hydrogen-bond acceptors (Lipinski definition) is 6. The molecule has 0 bridgehead atoms. The van der Waals surface area contributed by atoms with Crippen LogP contribution in [0.4, 0.5) is 0 Å². The van der Waals surface area contributed by atoms with Gasteiger partial charge in [-0.3, -0.25) is 9.78 Å². The molecule has 8 nitrogen and oxygen atoms in total. The van der Waals surface area contributed by atoms with Crippen molar-refractivity contribution in [3.05, 3.63) is 53.1 Å². The van der Waals surface area contributed by atoms with Crippen molar-refractivity contribution in [2.75, 3.05) is 19.6 Å². The topological polar surface area (TPSA) is 107 Å². The Morgan fingerprint density at radius 3 is 2.73 bits per heavy atom. The Morgan fingerprint density at radius 2 is 2.04 bits per heavy atom. The molecule has 0 N–H and O–H groups in total. The second-order valence-electron chi connectivity index (χ2n) is 6.25. The van der Waals surface area contributed by atoms with Crippen LogP contribution >= 0.6 is 0 Å². The van der Waals surface area contributed by atoms with Gasteiger partial charge in [-0.25, -0.2) is 13.4 Å². The normalized spacial score (nSPS) is 19.8. The summed E-state index contributed by atoms with van der Waals surface area (Å²) >= 11 is 0. The van der Waals surface area contributed by atoms with Gasteiger partial charge in [-0.2, -0.15) is 9.57 Å². The predicted octanol–water partition coefficient (Wildman–Crippen LogP) is 0.858. The van der Waals surface area contributed by atoms with Gasteiger partial charge in [0.1, 0.15) is 16.7 Å². The number of carbonyl (C=O) groups excluding carboxylic acids is 1. The van der Waals surface area contributed by atoms with Crippen LogP contribution in [0.25, 0.3) is 0 Å². The number of nitriles is 1. The van der Waals surface area contributed by atoms with Gasteiger partial charge in [0.25, 0.3) is 5.91 Å². The molecule has 1 unspecified atom stereocenters. The maximum atomic E-state index is 12.9. The maximum absolute atomic E-state index is 12.9. The summed E-state index contributed by atoms with van der Waals surface area (Å²) in [7, 11) is -3.76. The zero-order valence-electron chi connectivity index (χ0n) is 14.0. The van der Waals surface area contributed by atoms with Crippen LogP contribution in [0.15, 0.2) is 35.4 Å². The monoisotopic (exact) mass is 369 g/mol. The van der Waals surface area contributed by atoms with E-state index in [9.17, 15) is 13.2 Å². The molecule has 2 aliphatic heterocycles. The standard InChI is InChI=1S/C17H15N5O3S/c1-11-2-5-14-16(20-11)15-10-21(6-7-22(15)17(14)23)26(24,25)13-4-3-12(8-18)19-9-13/h2-5,9,15H,6-7,10H2,1H3. The molecule has 0 aromatic carbocycles. The summed E-state index contributed by atoms with van der Waals surface area (Å²) in [5.74, 6) is -0.102. The number of fused-ring (bicyclic) bond motifs is 3. The van der Waals surface area contributed by atoms with Gasteiger partial charge >= 0.3 is 0 Å². The third kappa shape index (κ3) is 2.46. The number of aryl methyl sites for hydroxylation is 1. The average Bonchev–Trinajstić information content (AvgIpc) is 2.93. The number of piperazine rings is 1. The van der Waals surface area contributed by atoms with E-state index in [0.29, 0.717) is 17.8 Å². The van der Waals surface area contributed by atoms with Crippen LogP contribution in [0.5, 0.6) is 0 Å². The molecular weight excluding hydrogens is 354 g/mol. The van der Waals surface area contributed by atoms with E-state index in [1.807, 2.05) is 13.0 Å². The highest BCUT2D eigenvalue weighted by Crippen LogP contribution is 2.36. The van der Waals surface area contributed by atoms with Crippen LogP contribution < -0.4 is 0 Å². The van der Waals surface area contributed by atoms with Crippen LogP contribution in [0.2, 0.25) is 0 Å². The molecule has 4 heterocycles. The fourth-order valence-electron chi connectivity index (χ4n) is 3.37. The highest BCUT2D eigenvalue weighted by Gasteiger charge is 2.44. The van der Waals surface area contributed by atoms with Crippen molar-refractivity contribution < 1.29 is 13.2 Å². The van der Waals surface area contributed by atoms with E-state index < -0.39 is 10.0 Å². The lowest BCUT2D eigenvalue weighted by Gasteiger charge is -2.36. The second kappa shape index (κ2) is 5.86. The van der Waals surface area contributed by atoms with Gasteiger partial charge in [0.05, 0.1) is 17.3 Å². The van der Waals surface area contributed by atoms with Crippen molar-refractivity contribution in [1.29, 1.82) is 5.26 Å². The zero-order chi connectivity index (χ0) is 18.5. The summed E-state index contributed by atoms with van der Waals surface area (Å²) in [6, 6.07) is 7.77. The lowest BCUT2D eigenvalue weighted by atomic mass is 10.1. The molecule has 1 atom stereocenters. The summed E-state index contributed by atoms with van der Waals surface area (Å²) < 4.78 is 27.2. The van der Waals surface area contributed by atoms with Gasteiger partial charge in [-0.15, -0.1) is 0 Å². The van der Waals surface area contributed by atoms with E-state index in [1.54, 1.807) is 17.0 Å². The largest absolute Gasteiger partial charge is 0.327 e. The fourth-order valence-corrected chi connectivity index (χ4v) is 4.75. The van der Waals surface area contributed by atoms with Gasteiger partial charge in [0.15, 0.2) is 0 Å². The van der Waals surface area contributed by atoms with Crippen LogP contribution in [-0.4, -0.2) is 53.1 Å². The number of pyridine rings is 2. The molecule has 9 heteroatoms. The fraction of sp³-hybridized carbons (Fsp3) is 0.294. The van der Waals surface area contributed by atoms with Gasteiger partial charge < -0.3 is 4.90 Å². The Balaban J connectivity index is 1.66. The first-order chi connectivity index (χ1) is 12.4. The van der Waals surface area contributed by atoms with Crippen molar-refractivity contribution in [2.24, 2.45) is 0 Å². The molecule has 0 radical (unpaired) electrons. The van der Waals surface area contributed by atoms with E-state index in [4.69, 9.17) is 5.26 Å². The molecule has 2 aromatic heterocycles. The summed E-state index contributed by atoms with van der Waals surface area (Å²) in [5, 5.41) is 8.81. The van der Waals surface area contributed by atoms with Crippen LogP contribution in [0.3, 0.4) is 0 Å². The molecule has 1 saturated heterocycles. The Bertz CT molecular complexity index is 1040. The number of hydrogen-bond donors (Lipinski definition) is 0. The minimum absolute atomic E-state index is 0.0340.